The minimum atomic E-state index is -0.626. The predicted octanol–water partition coefficient (Wildman–Crippen LogP) is 3.37. The van der Waals surface area contributed by atoms with Crippen LogP contribution in [0.3, 0.4) is 0 Å². The van der Waals surface area contributed by atoms with E-state index in [2.05, 4.69) is 15.3 Å². The normalized spacial score (nSPS) is 10.7. The Kier molecular flexibility index (Phi) is 3.67. The molecule has 0 aliphatic rings. The SMILES string of the molecule is O=c1[nH]cnc2cc(Nc3ccc(F)c(Cl)c3)c([N+](=O)[O-])cc12. The summed E-state index contributed by atoms with van der Waals surface area (Å²) >= 11 is 5.69. The van der Waals surface area contributed by atoms with Crippen molar-refractivity contribution in [3.05, 3.63) is 68.0 Å². The maximum absolute atomic E-state index is 13.2. The lowest BCUT2D eigenvalue weighted by Crippen LogP contribution is -2.07. The average molecular weight is 335 g/mol. The van der Waals surface area contributed by atoms with Crippen LogP contribution in [0.1, 0.15) is 0 Å². The molecule has 1 aromatic heterocycles. The Labute approximate surface area is 132 Å². The Morgan fingerprint density at radius 3 is 2.78 bits per heavy atom. The first-order chi connectivity index (χ1) is 11.0. The van der Waals surface area contributed by atoms with Gasteiger partial charge in [0, 0.05) is 11.8 Å². The van der Waals surface area contributed by atoms with E-state index in [1.807, 2.05) is 0 Å². The van der Waals surface area contributed by atoms with E-state index in [9.17, 15) is 19.3 Å². The van der Waals surface area contributed by atoms with Crippen molar-refractivity contribution in [1.29, 1.82) is 0 Å². The number of nitrogens with zero attached hydrogens (tertiary/aromatic N) is 2. The number of nitrogens with one attached hydrogen (secondary N) is 2. The van der Waals surface area contributed by atoms with E-state index >= 15 is 0 Å². The number of aromatic amines is 1. The van der Waals surface area contributed by atoms with E-state index in [1.165, 1.54) is 24.5 Å². The van der Waals surface area contributed by atoms with Gasteiger partial charge in [0.1, 0.15) is 11.5 Å². The number of hydrogen-bond acceptors (Lipinski definition) is 5. The van der Waals surface area contributed by atoms with Crippen molar-refractivity contribution in [2.75, 3.05) is 5.32 Å². The summed E-state index contributed by atoms with van der Waals surface area (Å²) in [6.07, 6.45) is 1.20. The average Bonchev–Trinajstić information content (AvgIpc) is 2.50. The topological polar surface area (TPSA) is 101 Å². The van der Waals surface area contributed by atoms with Crippen LogP contribution in [0.5, 0.6) is 0 Å². The third-order valence-corrected chi connectivity index (χ3v) is 3.44. The molecule has 0 spiro atoms. The summed E-state index contributed by atoms with van der Waals surface area (Å²) in [4.78, 5) is 28.6. The summed E-state index contributed by atoms with van der Waals surface area (Å²) in [5, 5.41) is 14.0. The number of H-pyrrole nitrogens is 1. The number of nitro groups is 1. The van der Waals surface area contributed by atoms with Crippen LogP contribution in [0, 0.1) is 15.9 Å². The maximum Gasteiger partial charge on any atom is 0.293 e. The molecule has 2 N–H and O–H groups in total. The molecule has 1 heterocycles. The van der Waals surface area contributed by atoms with Crippen molar-refractivity contribution in [3.8, 4) is 0 Å². The van der Waals surface area contributed by atoms with Crippen LogP contribution in [0.2, 0.25) is 5.02 Å². The largest absolute Gasteiger partial charge is 0.350 e. The highest BCUT2D eigenvalue weighted by atomic mass is 35.5. The molecule has 0 aliphatic carbocycles. The fourth-order valence-corrected chi connectivity index (χ4v) is 2.26. The van der Waals surface area contributed by atoms with Gasteiger partial charge in [-0.25, -0.2) is 9.37 Å². The second-order valence-corrected chi connectivity index (χ2v) is 5.04. The summed E-state index contributed by atoms with van der Waals surface area (Å²) < 4.78 is 13.2. The molecule has 3 aromatic rings. The van der Waals surface area contributed by atoms with Gasteiger partial charge in [0.2, 0.25) is 0 Å². The predicted molar refractivity (Wildman–Crippen MR) is 83.7 cm³/mol. The standard InChI is InChI=1S/C14H8ClFN4O3/c15-9-3-7(1-2-10(9)16)19-12-5-11-8(4-13(12)20(22)23)14(21)18-6-17-11/h1-6,19H,(H,17,18,21). The Balaban J connectivity index is 2.15. The van der Waals surface area contributed by atoms with Gasteiger partial charge in [-0.2, -0.15) is 0 Å². The summed E-state index contributed by atoms with van der Waals surface area (Å²) in [5.41, 5.74) is -0.0204. The summed E-state index contributed by atoms with van der Waals surface area (Å²) in [6, 6.07) is 6.34. The number of aromatic nitrogens is 2. The number of hydrogen-bond donors (Lipinski definition) is 2. The van der Waals surface area contributed by atoms with Crippen molar-refractivity contribution < 1.29 is 9.31 Å². The number of anilines is 2. The number of fused-ring (bicyclic) bond motifs is 1. The van der Waals surface area contributed by atoms with E-state index in [4.69, 9.17) is 11.6 Å². The van der Waals surface area contributed by atoms with Gasteiger partial charge in [0.05, 0.1) is 27.2 Å². The molecule has 23 heavy (non-hydrogen) atoms. The molecule has 0 amide bonds. The molecule has 0 saturated heterocycles. The number of rotatable bonds is 3. The van der Waals surface area contributed by atoms with Crippen LogP contribution in [0.25, 0.3) is 10.9 Å². The molecule has 2 aromatic carbocycles. The van der Waals surface area contributed by atoms with Crippen LogP contribution < -0.4 is 10.9 Å². The molecule has 0 atom stereocenters. The molecule has 0 aliphatic heterocycles. The molecule has 7 nitrogen and oxygen atoms in total. The zero-order valence-electron chi connectivity index (χ0n) is 11.3. The first-order valence-electron chi connectivity index (χ1n) is 6.33. The number of nitro benzene ring substituents is 1. The van der Waals surface area contributed by atoms with E-state index in [-0.39, 0.29) is 27.3 Å². The van der Waals surface area contributed by atoms with Crippen molar-refractivity contribution in [3.63, 3.8) is 0 Å². The van der Waals surface area contributed by atoms with Crippen molar-refractivity contribution in [1.82, 2.24) is 9.97 Å². The Bertz CT molecular complexity index is 989. The smallest absolute Gasteiger partial charge is 0.293 e. The monoisotopic (exact) mass is 334 g/mol. The highest BCUT2D eigenvalue weighted by molar-refractivity contribution is 6.31. The molecule has 0 bridgehead atoms. The Morgan fingerprint density at radius 1 is 1.30 bits per heavy atom. The second kappa shape index (κ2) is 5.65. The van der Waals surface area contributed by atoms with Gasteiger partial charge in [-0.05, 0) is 24.3 Å². The molecule has 0 saturated carbocycles. The van der Waals surface area contributed by atoms with Gasteiger partial charge in [-0.15, -0.1) is 0 Å². The second-order valence-electron chi connectivity index (χ2n) is 4.63. The van der Waals surface area contributed by atoms with E-state index in [0.717, 1.165) is 12.1 Å². The van der Waals surface area contributed by atoms with Crippen LogP contribution in [0.4, 0.5) is 21.5 Å². The molecule has 0 unspecified atom stereocenters. The van der Waals surface area contributed by atoms with E-state index in [1.54, 1.807) is 0 Å². The fraction of sp³-hybridized carbons (Fsp3) is 0. The first kappa shape index (κ1) is 14.9. The molecule has 0 radical (unpaired) electrons. The minimum absolute atomic E-state index is 0.0990. The zero-order valence-corrected chi connectivity index (χ0v) is 12.1. The lowest BCUT2D eigenvalue weighted by molar-refractivity contribution is -0.383. The molecule has 3 rings (SSSR count). The van der Waals surface area contributed by atoms with Gasteiger partial charge in [0.15, 0.2) is 0 Å². The van der Waals surface area contributed by atoms with Crippen molar-refractivity contribution in [2.45, 2.75) is 0 Å². The maximum atomic E-state index is 13.2. The summed E-state index contributed by atoms with van der Waals surface area (Å²) in [5.74, 6) is -0.599. The lowest BCUT2D eigenvalue weighted by atomic mass is 10.2. The first-order valence-corrected chi connectivity index (χ1v) is 6.71. The highest BCUT2D eigenvalue weighted by Gasteiger charge is 2.17. The van der Waals surface area contributed by atoms with Crippen LogP contribution >= 0.6 is 11.6 Å². The van der Waals surface area contributed by atoms with Crippen molar-refractivity contribution in [2.24, 2.45) is 0 Å². The molecule has 9 heteroatoms. The van der Waals surface area contributed by atoms with Crippen LogP contribution in [0.15, 0.2) is 41.5 Å². The third-order valence-electron chi connectivity index (χ3n) is 3.15. The van der Waals surface area contributed by atoms with Crippen LogP contribution in [-0.2, 0) is 0 Å². The fourth-order valence-electron chi connectivity index (χ4n) is 2.08. The van der Waals surface area contributed by atoms with E-state index in [0.29, 0.717) is 5.69 Å². The Hall–Kier alpha value is -3.00. The molecule has 0 fully saturated rings. The summed E-state index contributed by atoms with van der Waals surface area (Å²) in [7, 11) is 0. The zero-order chi connectivity index (χ0) is 16.6. The van der Waals surface area contributed by atoms with Crippen molar-refractivity contribution >= 4 is 39.6 Å². The third kappa shape index (κ3) is 2.84. The Morgan fingerprint density at radius 2 is 2.09 bits per heavy atom. The van der Waals surface area contributed by atoms with Gasteiger partial charge < -0.3 is 10.3 Å². The van der Waals surface area contributed by atoms with E-state index < -0.39 is 16.3 Å². The van der Waals surface area contributed by atoms with Gasteiger partial charge in [0.25, 0.3) is 11.2 Å². The molecule has 116 valence electrons. The van der Waals surface area contributed by atoms with Crippen LogP contribution in [-0.4, -0.2) is 14.9 Å². The highest BCUT2D eigenvalue weighted by Crippen LogP contribution is 2.31. The lowest BCUT2D eigenvalue weighted by Gasteiger charge is -2.09. The minimum Gasteiger partial charge on any atom is -0.350 e. The van der Waals surface area contributed by atoms with Gasteiger partial charge >= 0.3 is 0 Å². The number of benzene rings is 2. The quantitative estimate of drug-likeness (QED) is 0.565. The molecular formula is C14H8ClFN4O3. The molecular weight excluding hydrogens is 327 g/mol. The van der Waals surface area contributed by atoms with Gasteiger partial charge in [-0.3, -0.25) is 14.9 Å². The number of halogens is 2. The summed E-state index contributed by atoms with van der Waals surface area (Å²) in [6.45, 7) is 0. The van der Waals surface area contributed by atoms with Gasteiger partial charge in [-0.1, -0.05) is 11.6 Å².